The number of fused-ring (bicyclic) bond motifs is 1. The fourth-order valence-electron chi connectivity index (χ4n) is 1.33. The van der Waals surface area contributed by atoms with E-state index in [0.29, 0.717) is 0 Å². The van der Waals surface area contributed by atoms with E-state index in [-0.39, 0.29) is 16.9 Å². The third-order valence-electron chi connectivity index (χ3n) is 2.08. The van der Waals surface area contributed by atoms with Crippen LogP contribution in [0, 0.1) is 11.6 Å². The zero-order valence-corrected chi connectivity index (χ0v) is 8.31. The highest BCUT2D eigenvalue weighted by Crippen LogP contribution is 2.22. The number of hydrogen-bond acceptors (Lipinski definition) is 2. The van der Waals surface area contributed by atoms with Crippen molar-refractivity contribution >= 4 is 11.0 Å². The Morgan fingerprint density at radius 3 is 2.60 bits per heavy atom. The molecule has 0 aliphatic heterocycles. The zero-order valence-electron chi connectivity index (χ0n) is 8.31. The normalized spacial score (nSPS) is 12.3. The van der Waals surface area contributed by atoms with E-state index in [0.717, 1.165) is 12.1 Å². The second-order valence-corrected chi connectivity index (χ2v) is 3.93. The zero-order chi connectivity index (χ0) is 11.2. The van der Waals surface area contributed by atoms with E-state index in [1.54, 1.807) is 0 Å². The van der Waals surface area contributed by atoms with Gasteiger partial charge in [-0.2, -0.15) is 0 Å². The van der Waals surface area contributed by atoms with Gasteiger partial charge in [0, 0.05) is 6.07 Å². The van der Waals surface area contributed by atoms with Crippen LogP contribution < -0.4 is 0 Å². The molecule has 15 heavy (non-hydrogen) atoms. The molecule has 0 atom stereocenters. The molecule has 2 aromatic rings. The first-order valence-electron chi connectivity index (χ1n) is 4.45. The van der Waals surface area contributed by atoms with Crippen LogP contribution in [-0.4, -0.2) is 15.1 Å². The molecule has 0 saturated heterocycles. The van der Waals surface area contributed by atoms with Crippen LogP contribution in [0.5, 0.6) is 0 Å². The lowest BCUT2D eigenvalue weighted by atomic mass is 10.1. The molecule has 0 amide bonds. The molecule has 1 aromatic carbocycles. The van der Waals surface area contributed by atoms with Gasteiger partial charge in [0.15, 0.2) is 5.82 Å². The highest BCUT2D eigenvalue weighted by atomic mass is 19.1. The van der Waals surface area contributed by atoms with Gasteiger partial charge in [-0.05, 0) is 19.9 Å². The van der Waals surface area contributed by atoms with Gasteiger partial charge in [0.25, 0.3) is 0 Å². The summed E-state index contributed by atoms with van der Waals surface area (Å²) in [6.07, 6.45) is 0. The highest BCUT2D eigenvalue weighted by Gasteiger charge is 2.21. The number of rotatable bonds is 1. The summed E-state index contributed by atoms with van der Waals surface area (Å²) in [5, 5.41) is 9.64. The molecule has 1 heterocycles. The van der Waals surface area contributed by atoms with Crippen LogP contribution in [0.25, 0.3) is 11.0 Å². The summed E-state index contributed by atoms with van der Waals surface area (Å²) in [7, 11) is 0. The molecular formula is C10H10F2N2O. The van der Waals surface area contributed by atoms with Crippen LogP contribution in [0.15, 0.2) is 12.1 Å². The van der Waals surface area contributed by atoms with Crippen LogP contribution >= 0.6 is 0 Å². The number of H-pyrrole nitrogens is 1. The van der Waals surface area contributed by atoms with E-state index in [2.05, 4.69) is 9.97 Å². The molecule has 80 valence electrons. The summed E-state index contributed by atoms with van der Waals surface area (Å²) in [5.41, 5.74) is -0.930. The van der Waals surface area contributed by atoms with Crippen molar-refractivity contribution in [2.75, 3.05) is 0 Å². The number of aromatic nitrogens is 2. The summed E-state index contributed by atoms with van der Waals surface area (Å²) < 4.78 is 26.1. The summed E-state index contributed by atoms with van der Waals surface area (Å²) in [4.78, 5) is 6.55. The van der Waals surface area contributed by atoms with Crippen molar-refractivity contribution in [1.82, 2.24) is 9.97 Å². The Morgan fingerprint density at radius 1 is 1.33 bits per heavy atom. The van der Waals surface area contributed by atoms with Crippen molar-refractivity contribution in [3.05, 3.63) is 29.6 Å². The summed E-state index contributed by atoms with van der Waals surface area (Å²) in [6.45, 7) is 3.03. The first-order chi connectivity index (χ1) is 6.88. The maximum absolute atomic E-state index is 13.2. The van der Waals surface area contributed by atoms with Gasteiger partial charge in [-0.25, -0.2) is 13.8 Å². The number of halogens is 2. The Labute approximate surface area is 84.8 Å². The maximum atomic E-state index is 13.2. The molecule has 1 aromatic heterocycles. The monoisotopic (exact) mass is 212 g/mol. The van der Waals surface area contributed by atoms with Crippen molar-refractivity contribution in [3.63, 3.8) is 0 Å². The molecule has 0 saturated carbocycles. The SMILES string of the molecule is CC(C)(O)c1nc2c(F)cc(F)cc2[nH]1. The maximum Gasteiger partial charge on any atom is 0.153 e. The third kappa shape index (κ3) is 1.70. The summed E-state index contributed by atoms with van der Waals surface area (Å²) in [6, 6.07) is 1.90. The molecule has 0 bridgehead atoms. The lowest BCUT2D eigenvalue weighted by Crippen LogP contribution is -2.17. The first-order valence-corrected chi connectivity index (χ1v) is 4.45. The molecule has 0 aliphatic rings. The van der Waals surface area contributed by atoms with Gasteiger partial charge in [-0.15, -0.1) is 0 Å². The smallest absolute Gasteiger partial charge is 0.153 e. The second-order valence-electron chi connectivity index (χ2n) is 3.93. The van der Waals surface area contributed by atoms with Crippen LogP contribution in [0.3, 0.4) is 0 Å². The molecule has 5 heteroatoms. The van der Waals surface area contributed by atoms with Crippen molar-refractivity contribution in [2.24, 2.45) is 0 Å². The second kappa shape index (κ2) is 3.00. The molecule has 0 radical (unpaired) electrons. The number of nitrogens with zero attached hydrogens (tertiary/aromatic N) is 1. The Bertz CT molecular complexity index is 514. The number of aliphatic hydroxyl groups is 1. The minimum atomic E-state index is -1.21. The van der Waals surface area contributed by atoms with Crippen LogP contribution in [-0.2, 0) is 5.60 Å². The quantitative estimate of drug-likeness (QED) is 0.760. The van der Waals surface area contributed by atoms with Gasteiger partial charge in [0.05, 0.1) is 5.52 Å². The van der Waals surface area contributed by atoms with E-state index >= 15 is 0 Å². The van der Waals surface area contributed by atoms with Crippen LogP contribution in [0.2, 0.25) is 0 Å². The first kappa shape index (κ1) is 10.0. The lowest BCUT2D eigenvalue weighted by Gasteiger charge is -2.12. The van der Waals surface area contributed by atoms with Gasteiger partial charge >= 0.3 is 0 Å². The average Bonchev–Trinajstić information content (AvgIpc) is 2.46. The van der Waals surface area contributed by atoms with E-state index in [4.69, 9.17) is 0 Å². The molecule has 2 rings (SSSR count). The number of benzene rings is 1. The van der Waals surface area contributed by atoms with Gasteiger partial charge in [-0.3, -0.25) is 0 Å². The topological polar surface area (TPSA) is 48.9 Å². The Hall–Kier alpha value is -1.49. The fourth-order valence-corrected chi connectivity index (χ4v) is 1.33. The molecular weight excluding hydrogens is 202 g/mol. The molecule has 0 aliphatic carbocycles. The highest BCUT2D eigenvalue weighted by molar-refractivity contribution is 5.75. The van der Waals surface area contributed by atoms with Crippen molar-refractivity contribution in [3.8, 4) is 0 Å². The number of aromatic amines is 1. The number of hydrogen-bond donors (Lipinski definition) is 2. The van der Waals surface area contributed by atoms with Crippen LogP contribution in [0.4, 0.5) is 8.78 Å². The van der Waals surface area contributed by atoms with Crippen molar-refractivity contribution < 1.29 is 13.9 Å². The predicted octanol–water partition coefficient (Wildman–Crippen LogP) is 2.07. The predicted molar refractivity (Wildman–Crippen MR) is 51.3 cm³/mol. The lowest BCUT2D eigenvalue weighted by molar-refractivity contribution is 0.0700. The van der Waals surface area contributed by atoms with E-state index in [1.165, 1.54) is 13.8 Å². The molecule has 0 unspecified atom stereocenters. The number of imidazole rings is 1. The van der Waals surface area contributed by atoms with Crippen molar-refractivity contribution in [1.29, 1.82) is 0 Å². The minimum absolute atomic E-state index is 0.0357. The van der Waals surface area contributed by atoms with E-state index in [1.807, 2.05) is 0 Å². The molecule has 3 nitrogen and oxygen atoms in total. The minimum Gasteiger partial charge on any atom is -0.383 e. The van der Waals surface area contributed by atoms with Crippen molar-refractivity contribution in [2.45, 2.75) is 19.4 Å². The van der Waals surface area contributed by atoms with E-state index in [9.17, 15) is 13.9 Å². The van der Waals surface area contributed by atoms with Gasteiger partial charge in [-0.1, -0.05) is 0 Å². The van der Waals surface area contributed by atoms with Gasteiger partial charge in [0.1, 0.15) is 22.8 Å². The Morgan fingerprint density at radius 2 is 2.00 bits per heavy atom. The molecule has 2 N–H and O–H groups in total. The van der Waals surface area contributed by atoms with Crippen LogP contribution in [0.1, 0.15) is 19.7 Å². The Balaban J connectivity index is 2.71. The average molecular weight is 212 g/mol. The standard InChI is InChI=1S/C10H10F2N2O/c1-10(2,15)9-13-7-4-5(11)3-6(12)8(7)14-9/h3-4,15H,1-2H3,(H,13,14). The molecule has 0 spiro atoms. The van der Waals surface area contributed by atoms with E-state index < -0.39 is 17.2 Å². The van der Waals surface area contributed by atoms with Gasteiger partial charge < -0.3 is 10.1 Å². The fraction of sp³-hybridized carbons (Fsp3) is 0.300. The number of nitrogens with one attached hydrogen (secondary N) is 1. The Kier molecular flexibility index (Phi) is 2.01. The van der Waals surface area contributed by atoms with Gasteiger partial charge in [0.2, 0.25) is 0 Å². The summed E-state index contributed by atoms with van der Waals surface area (Å²) in [5.74, 6) is -1.20. The third-order valence-corrected chi connectivity index (χ3v) is 2.08. The molecule has 0 fully saturated rings. The summed E-state index contributed by atoms with van der Waals surface area (Å²) >= 11 is 0. The largest absolute Gasteiger partial charge is 0.383 e.